The maximum atomic E-state index is 13.2. The molecule has 0 aliphatic carbocycles. The van der Waals surface area contributed by atoms with Gasteiger partial charge in [-0.1, -0.05) is 80.9 Å². The quantitative estimate of drug-likeness (QED) is 0.0904. The van der Waals surface area contributed by atoms with Crippen LogP contribution in [0.2, 0.25) is 0 Å². The van der Waals surface area contributed by atoms with Gasteiger partial charge in [-0.05, 0) is 50.7 Å². The number of methoxy groups -OCH3 is 1. The number of rotatable bonds is 22. The first kappa shape index (κ1) is 39.4. The number of nitrogens with zero attached hydrogens (tertiary/aromatic N) is 1. The van der Waals surface area contributed by atoms with Crippen molar-refractivity contribution in [2.45, 2.75) is 109 Å². The Labute approximate surface area is 285 Å². The molecule has 0 spiro atoms. The number of esters is 1. The second kappa shape index (κ2) is 20.5. The maximum absolute atomic E-state index is 13.2. The second-order valence-electron chi connectivity index (χ2n) is 12.4. The number of hydrogen-bond acceptors (Lipinski definition) is 10. The summed E-state index contributed by atoms with van der Waals surface area (Å²) in [6.45, 7) is 9.32. The average Bonchev–Trinajstić information content (AvgIpc) is 3.47. The molecule has 0 aromatic heterocycles. The van der Waals surface area contributed by atoms with E-state index in [-0.39, 0.29) is 38.9 Å². The standard InChI is InChI=1S/C37H55NO10/c1-6-8-23-43-27-31(39)33(32-28-46-36(3,4)47-32)48-37(7-2,34(40)42-5)45-24-17-11-16-22-38(25-29-18-12-9-13-19-29)35(41)44-26-30-20-14-10-15-21-30/h9-10,12-15,18-21,31-33,39H,6-8,11,16-17,22-28H2,1-5H3/t31-,32-,33?,37-/m1/s1. The molecular formula is C37H55NO10. The molecule has 1 aliphatic heterocycles. The van der Waals surface area contributed by atoms with Crippen molar-refractivity contribution in [2.75, 3.05) is 40.1 Å². The summed E-state index contributed by atoms with van der Waals surface area (Å²) < 4.78 is 40.7. The normalized spacial score (nSPS) is 18.1. The minimum Gasteiger partial charge on any atom is -0.465 e. The van der Waals surface area contributed by atoms with Crippen LogP contribution in [0.25, 0.3) is 0 Å². The zero-order valence-electron chi connectivity index (χ0n) is 29.3. The summed E-state index contributed by atoms with van der Waals surface area (Å²) in [5, 5.41) is 11.2. The molecule has 3 rings (SSSR count). The number of benzene rings is 2. The highest BCUT2D eigenvalue weighted by molar-refractivity contribution is 5.77. The molecule has 268 valence electrons. The van der Waals surface area contributed by atoms with Crippen LogP contribution < -0.4 is 0 Å². The molecule has 1 unspecified atom stereocenters. The number of carbonyl (C=O) groups is 2. The van der Waals surface area contributed by atoms with Crippen molar-refractivity contribution < 1.29 is 47.9 Å². The summed E-state index contributed by atoms with van der Waals surface area (Å²) in [4.78, 5) is 28.0. The van der Waals surface area contributed by atoms with E-state index < -0.39 is 35.9 Å². The van der Waals surface area contributed by atoms with Crippen LogP contribution in [0.15, 0.2) is 60.7 Å². The fourth-order valence-electron chi connectivity index (χ4n) is 5.34. The van der Waals surface area contributed by atoms with E-state index in [0.29, 0.717) is 39.0 Å². The van der Waals surface area contributed by atoms with Gasteiger partial charge in [-0.15, -0.1) is 0 Å². The topological polar surface area (TPSA) is 122 Å². The summed E-state index contributed by atoms with van der Waals surface area (Å²) in [6.07, 6.45) is 0.796. The molecule has 1 heterocycles. The second-order valence-corrected chi connectivity index (χ2v) is 12.4. The van der Waals surface area contributed by atoms with E-state index in [4.69, 9.17) is 33.2 Å². The van der Waals surface area contributed by atoms with Gasteiger partial charge < -0.3 is 43.2 Å². The summed E-state index contributed by atoms with van der Waals surface area (Å²) in [5.41, 5.74) is 1.93. The predicted molar refractivity (Wildman–Crippen MR) is 180 cm³/mol. The van der Waals surface area contributed by atoms with Crippen molar-refractivity contribution in [3.8, 4) is 0 Å². The van der Waals surface area contributed by atoms with Gasteiger partial charge in [-0.2, -0.15) is 0 Å². The van der Waals surface area contributed by atoms with Gasteiger partial charge in [0.05, 0.1) is 26.9 Å². The Morgan fingerprint density at radius 3 is 2.27 bits per heavy atom. The lowest BCUT2D eigenvalue weighted by Crippen LogP contribution is -2.54. The monoisotopic (exact) mass is 673 g/mol. The van der Waals surface area contributed by atoms with E-state index in [1.807, 2.05) is 60.7 Å². The predicted octanol–water partition coefficient (Wildman–Crippen LogP) is 6.01. The van der Waals surface area contributed by atoms with Gasteiger partial charge in [0.15, 0.2) is 5.79 Å². The molecule has 1 aliphatic rings. The molecule has 0 saturated carbocycles. The van der Waals surface area contributed by atoms with E-state index in [1.54, 1.807) is 25.7 Å². The SMILES string of the molecule is CCCCOC[C@@H](O)C(O[C@@](CC)(OCCCCCN(Cc1ccccc1)C(=O)OCc1ccccc1)C(=O)OC)[C@H]1COC(C)(C)O1. The molecule has 1 saturated heterocycles. The van der Waals surface area contributed by atoms with E-state index in [2.05, 4.69) is 6.92 Å². The Morgan fingerprint density at radius 2 is 1.67 bits per heavy atom. The molecule has 11 heteroatoms. The molecule has 1 amide bonds. The van der Waals surface area contributed by atoms with Crippen molar-refractivity contribution in [3.63, 3.8) is 0 Å². The zero-order chi connectivity index (χ0) is 34.8. The molecule has 0 radical (unpaired) electrons. The zero-order valence-corrected chi connectivity index (χ0v) is 29.3. The number of ether oxygens (including phenoxy) is 7. The first-order valence-corrected chi connectivity index (χ1v) is 17.1. The Morgan fingerprint density at radius 1 is 0.979 bits per heavy atom. The van der Waals surface area contributed by atoms with Crippen LogP contribution in [0.3, 0.4) is 0 Å². The number of aliphatic hydroxyl groups is 1. The Hall–Kier alpha value is -3.06. The summed E-state index contributed by atoms with van der Waals surface area (Å²) in [7, 11) is 1.27. The third kappa shape index (κ3) is 12.8. The Balaban J connectivity index is 1.60. The number of amides is 1. The van der Waals surface area contributed by atoms with Crippen LogP contribution in [-0.2, 0) is 51.1 Å². The van der Waals surface area contributed by atoms with E-state index >= 15 is 0 Å². The Bertz CT molecular complexity index is 1200. The van der Waals surface area contributed by atoms with Gasteiger partial charge in [0.2, 0.25) is 0 Å². The van der Waals surface area contributed by atoms with E-state index in [0.717, 1.165) is 24.0 Å². The minimum absolute atomic E-state index is 0.000807. The number of unbranched alkanes of at least 4 members (excludes halogenated alkanes) is 3. The number of carbonyl (C=O) groups excluding carboxylic acids is 2. The highest BCUT2D eigenvalue weighted by atomic mass is 16.8. The van der Waals surface area contributed by atoms with Crippen LogP contribution in [-0.4, -0.2) is 92.0 Å². The molecular weight excluding hydrogens is 618 g/mol. The molecule has 1 fully saturated rings. The van der Waals surface area contributed by atoms with Gasteiger partial charge in [-0.3, -0.25) is 0 Å². The van der Waals surface area contributed by atoms with Crippen LogP contribution in [0.5, 0.6) is 0 Å². The molecule has 1 N–H and O–H groups in total. The van der Waals surface area contributed by atoms with Crippen LogP contribution in [0, 0.1) is 0 Å². The summed E-state index contributed by atoms with van der Waals surface area (Å²) in [5.74, 6) is -3.36. The van der Waals surface area contributed by atoms with Gasteiger partial charge >= 0.3 is 12.1 Å². The van der Waals surface area contributed by atoms with Crippen molar-refractivity contribution in [3.05, 3.63) is 71.8 Å². The third-order valence-corrected chi connectivity index (χ3v) is 8.08. The van der Waals surface area contributed by atoms with Gasteiger partial charge in [0.1, 0.15) is 24.9 Å². The van der Waals surface area contributed by atoms with Crippen molar-refractivity contribution in [1.29, 1.82) is 0 Å². The lowest BCUT2D eigenvalue weighted by Gasteiger charge is -2.37. The van der Waals surface area contributed by atoms with Gasteiger partial charge in [0.25, 0.3) is 5.79 Å². The van der Waals surface area contributed by atoms with E-state index in [9.17, 15) is 14.7 Å². The molecule has 48 heavy (non-hydrogen) atoms. The fraction of sp³-hybridized carbons (Fsp3) is 0.622. The molecule has 0 bridgehead atoms. The molecule has 4 atom stereocenters. The minimum atomic E-state index is -1.78. The number of aliphatic hydroxyl groups excluding tert-OH is 1. The van der Waals surface area contributed by atoms with Crippen LogP contribution in [0.4, 0.5) is 4.79 Å². The first-order chi connectivity index (χ1) is 23.1. The largest absolute Gasteiger partial charge is 0.465 e. The summed E-state index contributed by atoms with van der Waals surface area (Å²) >= 11 is 0. The van der Waals surface area contributed by atoms with Crippen LogP contribution in [0.1, 0.15) is 77.3 Å². The van der Waals surface area contributed by atoms with E-state index in [1.165, 1.54) is 7.11 Å². The fourth-order valence-corrected chi connectivity index (χ4v) is 5.34. The van der Waals surface area contributed by atoms with Gasteiger partial charge in [-0.25, -0.2) is 9.59 Å². The highest BCUT2D eigenvalue weighted by Crippen LogP contribution is 2.32. The van der Waals surface area contributed by atoms with Crippen LogP contribution >= 0.6 is 0 Å². The van der Waals surface area contributed by atoms with Crippen molar-refractivity contribution in [2.24, 2.45) is 0 Å². The number of hydrogen-bond donors (Lipinski definition) is 1. The Kier molecular flexibility index (Phi) is 16.8. The summed E-state index contributed by atoms with van der Waals surface area (Å²) in [6, 6.07) is 19.4. The molecule has 2 aromatic rings. The highest BCUT2D eigenvalue weighted by Gasteiger charge is 2.49. The first-order valence-electron chi connectivity index (χ1n) is 17.1. The lowest BCUT2D eigenvalue weighted by atomic mass is 10.1. The molecule has 11 nitrogen and oxygen atoms in total. The van der Waals surface area contributed by atoms with Gasteiger partial charge in [0, 0.05) is 26.1 Å². The maximum Gasteiger partial charge on any atom is 0.410 e. The lowest BCUT2D eigenvalue weighted by molar-refractivity contribution is -0.290. The molecule has 2 aromatic carbocycles. The third-order valence-electron chi connectivity index (χ3n) is 8.08. The average molecular weight is 674 g/mol. The van der Waals surface area contributed by atoms with Crippen molar-refractivity contribution in [1.82, 2.24) is 4.90 Å². The smallest absolute Gasteiger partial charge is 0.410 e. The van der Waals surface area contributed by atoms with Crippen molar-refractivity contribution >= 4 is 12.1 Å².